The predicted molar refractivity (Wildman–Crippen MR) is 122 cm³/mol. The first-order valence-corrected chi connectivity index (χ1v) is 10.4. The van der Waals surface area contributed by atoms with Crippen molar-refractivity contribution in [3.05, 3.63) is 60.3 Å². The molecule has 5 rings (SSSR count). The Morgan fingerprint density at radius 1 is 1.03 bits per heavy atom. The van der Waals surface area contributed by atoms with E-state index in [1.807, 2.05) is 65.7 Å². The highest BCUT2D eigenvalue weighted by Crippen LogP contribution is 2.27. The van der Waals surface area contributed by atoms with Crippen LogP contribution in [-0.2, 0) is 0 Å². The van der Waals surface area contributed by atoms with Crippen molar-refractivity contribution in [2.24, 2.45) is 0 Å². The van der Waals surface area contributed by atoms with Crippen molar-refractivity contribution < 1.29 is 4.79 Å². The maximum Gasteiger partial charge on any atom is 0.272 e. The summed E-state index contributed by atoms with van der Waals surface area (Å²) < 4.78 is 1.89. The van der Waals surface area contributed by atoms with Crippen LogP contribution in [0.15, 0.2) is 48.9 Å². The molecule has 4 aromatic rings. The van der Waals surface area contributed by atoms with Gasteiger partial charge in [-0.15, -0.1) is 0 Å². The molecule has 8 heteroatoms. The number of rotatable bonds is 3. The van der Waals surface area contributed by atoms with E-state index in [2.05, 4.69) is 32.0 Å². The topological polar surface area (TPSA) is 69.9 Å². The summed E-state index contributed by atoms with van der Waals surface area (Å²) in [6.07, 6.45) is 3.50. The Bertz CT molecular complexity index is 1270. The Hall–Kier alpha value is -3.68. The molecule has 0 unspecified atom stereocenters. The molecular weight excluding hydrogens is 390 g/mol. The Labute approximate surface area is 180 Å². The molecule has 1 saturated heterocycles. The van der Waals surface area contributed by atoms with Gasteiger partial charge in [-0.25, -0.2) is 15.0 Å². The number of aromatic nitrogens is 4. The van der Waals surface area contributed by atoms with Gasteiger partial charge in [-0.2, -0.15) is 0 Å². The standard InChI is InChI=1S/C23H25N7O/c1-16-21(30-9-5-4-6-20(30)26-16)23(31)29-12-10-28(11-13-29)17-7-8-19-18(14-17)22(27(2)3)25-15-24-19/h4-9,14-15H,10-13H2,1-3H3. The quantitative estimate of drug-likeness (QED) is 0.512. The van der Waals surface area contributed by atoms with E-state index < -0.39 is 0 Å². The van der Waals surface area contributed by atoms with Gasteiger partial charge >= 0.3 is 0 Å². The number of carbonyl (C=O) groups is 1. The van der Waals surface area contributed by atoms with Crippen LogP contribution in [0.25, 0.3) is 16.6 Å². The third-order valence-corrected chi connectivity index (χ3v) is 5.86. The second-order valence-corrected chi connectivity index (χ2v) is 8.05. The molecule has 0 spiro atoms. The van der Waals surface area contributed by atoms with Crippen molar-refractivity contribution in [3.8, 4) is 0 Å². The Morgan fingerprint density at radius 2 is 1.84 bits per heavy atom. The van der Waals surface area contributed by atoms with Gasteiger partial charge in [0, 0.05) is 57.5 Å². The second-order valence-electron chi connectivity index (χ2n) is 8.05. The van der Waals surface area contributed by atoms with Crippen LogP contribution in [0.2, 0.25) is 0 Å². The van der Waals surface area contributed by atoms with Crippen molar-refractivity contribution in [1.29, 1.82) is 0 Å². The molecule has 0 bridgehead atoms. The number of hydrogen-bond acceptors (Lipinski definition) is 6. The van der Waals surface area contributed by atoms with Gasteiger partial charge in [0.15, 0.2) is 0 Å². The Kier molecular flexibility index (Phi) is 4.69. The van der Waals surface area contributed by atoms with Crippen molar-refractivity contribution in [3.63, 3.8) is 0 Å². The van der Waals surface area contributed by atoms with Crippen LogP contribution in [-0.4, -0.2) is 70.4 Å². The van der Waals surface area contributed by atoms with Crippen LogP contribution >= 0.6 is 0 Å². The van der Waals surface area contributed by atoms with Crippen LogP contribution in [0.4, 0.5) is 11.5 Å². The fourth-order valence-corrected chi connectivity index (χ4v) is 4.27. The first-order chi connectivity index (χ1) is 15.0. The van der Waals surface area contributed by atoms with Crippen molar-refractivity contribution >= 4 is 34.0 Å². The molecule has 31 heavy (non-hydrogen) atoms. The van der Waals surface area contributed by atoms with Crippen molar-refractivity contribution in [2.75, 3.05) is 50.1 Å². The first kappa shape index (κ1) is 19.3. The van der Waals surface area contributed by atoms with E-state index in [1.54, 1.807) is 6.33 Å². The number of fused-ring (bicyclic) bond motifs is 2. The van der Waals surface area contributed by atoms with Crippen LogP contribution in [0, 0.1) is 6.92 Å². The average molecular weight is 416 g/mol. The summed E-state index contributed by atoms with van der Waals surface area (Å²) in [6.45, 7) is 4.79. The highest BCUT2D eigenvalue weighted by molar-refractivity contribution is 5.95. The molecule has 1 amide bonds. The van der Waals surface area contributed by atoms with E-state index in [-0.39, 0.29) is 5.91 Å². The van der Waals surface area contributed by atoms with Gasteiger partial charge in [0.2, 0.25) is 0 Å². The van der Waals surface area contributed by atoms with E-state index >= 15 is 0 Å². The van der Waals surface area contributed by atoms with Crippen LogP contribution in [0.3, 0.4) is 0 Å². The van der Waals surface area contributed by atoms with Gasteiger partial charge in [-0.05, 0) is 37.3 Å². The summed E-state index contributed by atoms with van der Waals surface area (Å²) in [6, 6.07) is 12.1. The number of anilines is 2. The Balaban J connectivity index is 1.36. The number of carbonyl (C=O) groups excluding carboxylic acids is 1. The van der Waals surface area contributed by atoms with Crippen LogP contribution in [0.1, 0.15) is 16.2 Å². The van der Waals surface area contributed by atoms with Gasteiger partial charge < -0.3 is 14.7 Å². The van der Waals surface area contributed by atoms with E-state index in [4.69, 9.17) is 0 Å². The molecular formula is C23H25N7O. The summed E-state index contributed by atoms with van der Waals surface area (Å²) in [5, 5.41) is 1.03. The lowest BCUT2D eigenvalue weighted by atomic mass is 10.1. The fraction of sp³-hybridized carbons (Fsp3) is 0.304. The number of imidazole rings is 1. The average Bonchev–Trinajstić information content (AvgIpc) is 3.13. The largest absolute Gasteiger partial charge is 0.368 e. The normalized spacial score (nSPS) is 14.4. The summed E-state index contributed by atoms with van der Waals surface area (Å²) in [7, 11) is 3.97. The molecule has 158 valence electrons. The van der Waals surface area contributed by atoms with E-state index in [9.17, 15) is 4.79 Å². The molecule has 0 atom stereocenters. The lowest BCUT2D eigenvalue weighted by molar-refractivity contribution is 0.0739. The fourth-order valence-electron chi connectivity index (χ4n) is 4.27. The summed E-state index contributed by atoms with van der Waals surface area (Å²) >= 11 is 0. The minimum atomic E-state index is 0.0395. The second kappa shape index (κ2) is 7.54. The lowest BCUT2D eigenvalue weighted by Gasteiger charge is -2.36. The predicted octanol–water partition coefficient (Wildman–Crippen LogP) is 2.61. The zero-order valence-corrected chi connectivity index (χ0v) is 18.0. The maximum atomic E-state index is 13.3. The highest BCUT2D eigenvalue weighted by atomic mass is 16.2. The maximum absolute atomic E-state index is 13.3. The molecule has 1 aromatic carbocycles. The number of aryl methyl sites for hydroxylation is 1. The first-order valence-electron chi connectivity index (χ1n) is 10.4. The van der Waals surface area contributed by atoms with E-state index in [1.165, 1.54) is 0 Å². The zero-order valence-electron chi connectivity index (χ0n) is 18.0. The van der Waals surface area contributed by atoms with Gasteiger partial charge in [-0.3, -0.25) is 9.20 Å². The molecule has 3 aromatic heterocycles. The number of nitrogens with zero attached hydrogens (tertiary/aromatic N) is 7. The Morgan fingerprint density at radius 3 is 2.61 bits per heavy atom. The molecule has 0 radical (unpaired) electrons. The molecule has 0 aliphatic carbocycles. The SMILES string of the molecule is Cc1nc2ccccn2c1C(=O)N1CCN(c2ccc3ncnc(N(C)C)c3c2)CC1. The monoisotopic (exact) mass is 415 g/mol. The third kappa shape index (κ3) is 3.34. The van der Waals surface area contributed by atoms with E-state index in [0.29, 0.717) is 18.8 Å². The molecule has 0 saturated carbocycles. The van der Waals surface area contributed by atoms with Gasteiger partial charge in [0.1, 0.15) is 23.5 Å². The molecule has 4 heterocycles. The number of pyridine rings is 1. The number of amides is 1. The summed E-state index contributed by atoms with van der Waals surface area (Å²) in [5.41, 5.74) is 4.28. The number of piperazine rings is 1. The minimum Gasteiger partial charge on any atom is -0.368 e. The number of benzene rings is 1. The van der Waals surface area contributed by atoms with Gasteiger partial charge in [0.25, 0.3) is 5.91 Å². The van der Waals surface area contributed by atoms with Crippen LogP contribution in [0.5, 0.6) is 0 Å². The van der Waals surface area contributed by atoms with Crippen molar-refractivity contribution in [1.82, 2.24) is 24.3 Å². The molecule has 1 fully saturated rings. The van der Waals surface area contributed by atoms with Crippen LogP contribution < -0.4 is 9.80 Å². The van der Waals surface area contributed by atoms with Gasteiger partial charge in [0.05, 0.1) is 11.2 Å². The highest BCUT2D eigenvalue weighted by Gasteiger charge is 2.26. The molecule has 8 nitrogen and oxygen atoms in total. The summed E-state index contributed by atoms with van der Waals surface area (Å²) in [4.78, 5) is 32.8. The zero-order chi connectivity index (χ0) is 21.5. The lowest BCUT2D eigenvalue weighted by Crippen LogP contribution is -2.49. The number of hydrogen-bond donors (Lipinski definition) is 0. The minimum absolute atomic E-state index is 0.0395. The van der Waals surface area contributed by atoms with Crippen molar-refractivity contribution in [2.45, 2.75) is 6.92 Å². The van der Waals surface area contributed by atoms with E-state index in [0.717, 1.165) is 46.8 Å². The molecule has 0 N–H and O–H groups in total. The third-order valence-electron chi connectivity index (χ3n) is 5.86. The smallest absolute Gasteiger partial charge is 0.272 e. The molecule has 1 aliphatic rings. The summed E-state index contributed by atoms with van der Waals surface area (Å²) in [5.74, 6) is 0.946. The molecule has 1 aliphatic heterocycles. The van der Waals surface area contributed by atoms with Gasteiger partial charge in [-0.1, -0.05) is 6.07 Å².